The van der Waals surface area contributed by atoms with Gasteiger partial charge in [0.1, 0.15) is 5.04 Å². The molecule has 1 atom stereocenters. The van der Waals surface area contributed by atoms with Crippen molar-refractivity contribution < 1.29 is 9.94 Å². The van der Waals surface area contributed by atoms with Crippen molar-refractivity contribution in [1.29, 1.82) is 0 Å². The zero-order chi connectivity index (χ0) is 11.5. The predicted octanol–water partition coefficient (Wildman–Crippen LogP) is 2.55. The van der Waals surface area contributed by atoms with Gasteiger partial charge in [0.15, 0.2) is 0 Å². The van der Waals surface area contributed by atoms with Gasteiger partial charge >= 0.3 is 0 Å². The van der Waals surface area contributed by atoms with Crippen LogP contribution in [0.2, 0.25) is 0 Å². The van der Waals surface area contributed by atoms with Crippen molar-refractivity contribution in [2.75, 3.05) is 5.75 Å². The molecule has 0 fully saturated rings. The van der Waals surface area contributed by atoms with E-state index < -0.39 is 6.29 Å². The average molecular weight is 237 g/mol. The van der Waals surface area contributed by atoms with Gasteiger partial charge in [-0.1, -0.05) is 55.0 Å². The minimum Gasteiger partial charge on any atom is -0.362 e. The second-order valence-electron chi connectivity index (χ2n) is 4.04. The Morgan fingerprint density at radius 2 is 2.06 bits per heavy atom. The van der Waals surface area contributed by atoms with Gasteiger partial charge in [0.25, 0.3) is 0 Å². The molecule has 2 rings (SSSR count). The Kier molecular flexibility index (Phi) is 3.51. The normalized spacial score (nSPS) is 20.5. The molecule has 1 aromatic carbocycles. The molecule has 0 saturated carbocycles. The fourth-order valence-electron chi connectivity index (χ4n) is 1.46. The number of benzene rings is 1. The van der Waals surface area contributed by atoms with Crippen LogP contribution in [0, 0.1) is 0 Å². The van der Waals surface area contributed by atoms with Crippen molar-refractivity contribution in [2.45, 2.75) is 26.1 Å². The van der Waals surface area contributed by atoms with E-state index in [4.69, 9.17) is 9.94 Å². The molecular formula is C12H15NO2S. The number of nitrogens with zero attached hydrogens (tertiary/aromatic N) is 1. The molecule has 0 amide bonds. The molecule has 1 unspecified atom stereocenters. The molecule has 1 aliphatic heterocycles. The summed E-state index contributed by atoms with van der Waals surface area (Å²) in [6.07, 6.45) is -0.774. The first kappa shape index (κ1) is 11.5. The van der Waals surface area contributed by atoms with Gasteiger partial charge in [-0.3, -0.25) is 0 Å². The molecule has 0 radical (unpaired) electrons. The molecule has 86 valence electrons. The Bertz CT molecular complexity index is 387. The molecule has 1 aromatic rings. The van der Waals surface area contributed by atoms with E-state index in [9.17, 15) is 0 Å². The lowest BCUT2D eigenvalue weighted by atomic mass is 10.0. The van der Waals surface area contributed by atoms with E-state index in [1.54, 1.807) is 0 Å². The summed E-state index contributed by atoms with van der Waals surface area (Å²) in [6.45, 7) is 4.34. The highest BCUT2D eigenvalue weighted by atomic mass is 32.2. The Hall–Kier alpha value is -1.00. The van der Waals surface area contributed by atoms with Crippen molar-refractivity contribution in [3.05, 3.63) is 35.4 Å². The van der Waals surface area contributed by atoms with E-state index in [1.165, 1.54) is 17.3 Å². The summed E-state index contributed by atoms with van der Waals surface area (Å²) >= 11 is 1.51. The maximum absolute atomic E-state index is 9.14. The SMILES string of the molecule is CC(C)c1ccc(C2=NOC(O)CS2)cc1. The monoisotopic (exact) mass is 237 g/mol. The van der Waals surface area contributed by atoms with Crippen LogP contribution in [0.3, 0.4) is 0 Å². The van der Waals surface area contributed by atoms with Gasteiger partial charge in [0, 0.05) is 5.56 Å². The van der Waals surface area contributed by atoms with Crippen LogP contribution in [0.5, 0.6) is 0 Å². The van der Waals surface area contributed by atoms with E-state index in [-0.39, 0.29) is 0 Å². The highest BCUT2D eigenvalue weighted by molar-refractivity contribution is 8.14. The first-order valence-electron chi connectivity index (χ1n) is 5.32. The molecule has 0 aromatic heterocycles. The summed E-state index contributed by atoms with van der Waals surface area (Å²) in [6, 6.07) is 8.30. The lowest BCUT2D eigenvalue weighted by Crippen LogP contribution is -2.19. The van der Waals surface area contributed by atoms with Crippen LogP contribution in [-0.4, -0.2) is 22.2 Å². The van der Waals surface area contributed by atoms with Crippen molar-refractivity contribution >= 4 is 16.8 Å². The van der Waals surface area contributed by atoms with Crippen molar-refractivity contribution in [1.82, 2.24) is 0 Å². The summed E-state index contributed by atoms with van der Waals surface area (Å²) in [5, 5.41) is 13.9. The lowest BCUT2D eigenvalue weighted by Gasteiger charge is -2.16. The van der Waals surface area contributed by atoms with E-state index in [2.05, 4.69) is 31.1 Å². The molecule has 16 heavy (non-hydrogen) atoms. The summed E-state index contributed by atoms with van der Waals surface area (Å²) in [7, 11) is 0. The van der Waals surface area contributed by atoms with E-state index >= 15 is 0 Å². The number of oxime groups is 1. The number of aliphatic hydroxyl groups excluding tert-OH is 1. The molecule has 0 saturated heterocycles. The van der Waals surface area contributed by atoms with Gasteiger partial charge in [0.05, 0.1) is 5.75 Å². The van der Waals surface area contributed by atoms with Crippen LogP contribution in [-0.2, 0) is 4.84 Å². The number of rotatable bonds is 2. The van der Waals surface area contributed by atoms with Gasteiger partial charge in [-0.15, -0.1) is 0 Å². The van der Waals surface area contributed by atoms with Gasteiger partial charge in [0.2, 0.25) is 6.29 Å². The van der Waals surface area contributed by atoms with E-state index in [1.807, 2.05) is 12.1 Å². The zero-order valence-corrected chi connectivity index (χ0v) is 10.2. The van der Waals surface area contributed by atoms with Crippen LogP contribution in [0.4, 0.5) is 0 Å². The zero-order valence-electron chi connectivity index (χ0n) is 9.38. The summed E-state index contributed by atoms with van der Waals surface area (Å²) < 4.78 is 0. The van der Waals surface area contributed by atoms with Gasteiger partial charge < -0.3 is 9.94 Å². The average Bonchev–Trinajstić information content (AvgIpc) is 2.30. The highest BCUT2D eigenvalue weighted by Gasteiger charge is 2.16. The number of thioether (sulfide) groups is 1. The molecule has 3 nitrogen and oxygen atoms in total. The molecule has 1 N–H and O–H groups in total. The van der Waals surface area contributed by atoms with E-state index in [0.29, 0.717) is 11.7 Å². The lowest BCUT2D eigenvalue weighted by molar-refractivity contribution is -0.0813. The largest absolute Gasteiger partial charge is 0.362 e. The maximum Gasteiger partial charge on any atom is 0.233 e. The molecule has 4 heteroatoms. The number of hydrogen-bond donors (Lipinski definition) is 1. The molecule has 1 heterocycles. The molecule has 0 spiro atoms. The van der Waals surface area contributed by atoms with Crippen LogP contribution >= 0.6 is 11.8 Å². The molecule has 0 bridgehead atoms. The Balaban J connectivity index is 2.16. The summed E-state index contributed by atoms with van der Waals surface area (Å²) in [5.74, 6) is 1.07. The second kappa shape index (κ2) is 4.89. The van der Waals surface area contributed by atoms with Gasteiger partial charge in [-0.25, -0.2) is 0 Å². The Morgan fingerprint density at radius 1 is 1.38 bits per heavy atom. The van der Waals surface area contributed by atoms with Gasteiger partial charge in [-0.2, -0.15) is 0 Å². The minimum atomic E-state index is -0.774. The first-order chi connectivity index (χ1) is 7.66. The third kappa shape index (κ3) is 2.57. The first-order valence-corrected chi connectivity index (χ1v) is 6.30. The summed E-state index contributed by atoms with van der Waals surface area (Å²) in [5.41, 5.74) is 2.35. The third-order valence-corrected chi connectivity index (χ3v) is 3.48. The molecule has 1 aliphatic rings. The van der Waals surface area contributed by atoms with Crippen LogP contribution in [0.1, 0.15) is 30.9 Å². The van der Waals surface area contributed by atoms with Crippen LogP contribution in [0.25, 0.3) is 0 Å². The molecule has 0 aliphatic carbocycles. The number of hydrogen-bond acceptors (Lipinski definition) is 4. The maximum atomic E-state index is 9.14. The van der Waals surface area contributed by atoms with Gasteiger partial charge in [-0.05, 0) is 11.5 Å². The van der Waals surface area contributed by atoms with Crippen LogP contribution in [0.15, 0.2) is 29.4 Å². The van der Waals surface area contributed by atoms with Crippen LogP contribution < -0.4 is 0 Å². The van der Waals surface area contributed by atoms with Crippen molar-refractivity contribution in [3.8, 4) is 0 Å². The second-order valence-corrected chi connectivity index (χ2v) is 5.05. The Morgan fingerprint density at radius 3 is 2.56 bits per heavy atom. The fourth-order valence-corrected chi connectivity index (χ4v) is 2.22. The highest BCUT2D eigenvalue weighted by Crippen LogP contribution is 2.22. The van der Waals surface area contributed by atoms with E-state index in [0.717, 1.165) is 10.6 Å². The fraction of sp³-hybridized carbons (Fsp3) is 0.417. The topological polar surface area (TPSA) is 41.8 Å². The van der Waals surface area contributed by atoms with Crippen molar-refractivity contribution in [3.63, 3.8) is 0 Å². The quantitative estimate of drug-likeness (QED) is 0.859. The minimum absolute atomic E-state index is 0.533. The summed E-state index contributed by atoms with van der Waals surface area (Å²) in [4.78, 5) is 4.85. The smallest absolute Gasteiger partial charge is 0.233 e. The number of aliphatic hydroxyl groups is 1. The van der Waals surface area contributed by atoms with Crippen molar-refractivity contribution in [2.24, 2.45) is 5.16 Å². The standard InChI is InChI=1S/C12H15NO2S/c1-8(2)9-3-5-10(6-4-9)12-13-15-11(14)7-16-12/h3-6,8,11,14H,7H2,1-2H3. The predicted molar refractivity (Wildman–Crippen MR) is 66.6 cm³/mol. The third-order valence-electron chi connectivity index (χ3n) is 2.44. The molecular weight excluding hydrogens is 222 g/mol. The Labute approximate surface area is 99.5 Å².